The maximum Gasteiger partial charge on any atom is 0.151 e. The molecule has 1 heterocycles. The molecule has 0 fully saturated rings. The van der Waals surface area contributed by atoms with Crippen LogP contribution in [0.25, 0.3) is 11.0 Å². The molecule has 0 aliphatic heterocycles. The van der Waals surface area contributed by atoms with Crippen LogP contribution in [0.15, 0.2) is 48.5 Å². The quantitative estimate of drug-likeness (QED) is 0.797. The van der Waals surface area contributed by atoms with Gasteiger partial charge in [0.1, 0.15) is 11.3 Å². The monoisotopic (exact) mass is 283 g/mol. The van der Waals surface area contributed by atoms with Crippen LogP contribution in [0.1, 0.15) is 24.4 Å². The predicted molar refractivity (Wildman–Crippen MR) is 82.4 cm³/mol. The number of rotatable bonds is 4. The Bertz CT molecular complexity index is 749. The number of hydrogen-bond acceptors (Lipinski definition) is 2. The van der Waals surface area contributed by atoms with Crippen molar-refractivity contribution in [3.8, 4) is 0 Å². The summed E-state index contributed by atoms with van der Waals surface area (Å²) in [7, 11) is 0. The summed E-state index contributed by atoms with van der Waals surface area (Å²) in [5, 5.41) is 0. The highest BCUT2D eigenvalue weighted by atomic mass is 19.1. The third kappa shape index (κ3) is 2.54. The third-order valence-electron chi connectivity index (χ3n) is 3.71. The summed E-state index contributed by atoms with van der Waals surface area (Å²) in [5.74, 6) is 0.439. The van der Waals surface area contributed by atoms with Crippen LogP contribution in [-0.2, 0) is 13.0 Å². The first kappa shape index (κ1) is 13.8. The molecular weight excluding hydrogens is 265 g/mol. The summed E-state index contributed by atoms with van der Waals surface area (Å²) in [5.41, 5.74) is 8.67. The molecule has 3 aromatic rings. The minimum Gasteiger partial charge on any atom is -0.327 e. The first-order chi connectivity index (χ1) is 10.2. The number of hydrogen-bond donors (Lipinski definition) is 1. The number of nitrogens with two attached hydrogens (primary N) is 1. The normalized spacial score (nSPS) is 12.7. The molecule has 0 aliphatic carbocycles. The van der Waals surface area contributed by atoms with Crippen molar-refractivity contribution in [3.63, 3.8) is 0 Å². The second kappa shape index (κ2) is 5.66. The third-order valence-corrected chi connectivity index (χ3v) is 3.71. The maximum absolute atomic E-state index is 13.9. The molecule has 0 saturated heterocycles. The standard InChI is InChI=1S/C17H18FN3/c1-2-21-15-10-6-9-13(18)16(15)20-17(21)14(19)11-12-7-4-3-5-8-12/h3-10,14H,2,11,19H2,1H3. The first-order valence-corrected chi connectivity index (χ1v) is 7.15. The second-order valence-electron chi connectivity index (χ2n) is 5.12. The van der Waals surface area contributed by atoms with Gasteiger partial charge < -0.3 is 10.3 Å². The van der Waals surface area contributed by atoms with Gasteiger partial charge in [0, 0.05) is 6.54 Å². The van der Waals surface area contributed by atoms with Crippen molar-refractivity contribution < 1.29 is 4.39 Å². The molecule has 0 radical (unpaired) electrons. The fourth-order valence-electron chi connectivity index (χ4n) is 2.71. The lowest BCUT2D eigenvalue weighted by Gasteiger charge is -2.13. The SMILES string of the molecule is CCn1c(C(N)Cc2ccccc2)nc2c(F)cccc21. The van der Waals surface area contributed by atoms with Crippen LogP contribution in [0.4, 0.5) is 4.39 Å². The summed E-state index contributed by atoms with van der Waals surface area (Å²) >= 11 is 0. The Hall–Kier alpha value is -2.20. The lowest BCUT2D eigenvalue weighted by molar-refractivity contribution is 0.608. The van der Waals surface area contributed by atoms with Crippen molar-refractivity contribution in [2.45, 2.75) is 25.9 Å². The first-order valence-electron chi connectivity index (χ1n) is 7.15. The molecule has 0 saturated carbocycles. The number of aryl methyl sites for hydroxylation is 1. The van der Waals surface area contributed by atoms with Gasteiger partial charge in [-0.25, -0.2) is 9.37 Å². The van der Waals surface area contributed by atoms with Crippen molar-refractivity contribution in [3.05, 3.63) is 65.7 Å². The largest absolute Gasteiger partial charge is 0.327 e. The molecule has 0 aliphatic rings. The average Bonchev–Trinajstić information content (AvgIpc) is 2.88. The molecule has 0 bridgehead atoms. The zero-order valence-electron chi connectivity index (χ0n) is 12.0. The fraction of sp³-hybridized carbons (Fsp3) is 0.235. The van der Waals surface area contributed by atoms with E-state index in [1.165, 1.54) is 6.07 Å². The van der Waals surface area contributed by atoms with Crippen LogP contribution in [0.5, 0.6) is 0 Å². The second-order valence-corrected chi connectivity index (χ2v) is 5.12. The van der Waals surface area contributed by atoms with E-state index in [0.717, 1.165) is 23.4 Å². The molecule has 4 heteroatoms. The van der Waals surface area contributed by atoms with E-state index in [-0.39, 0.29) is 11.9 Å². The van der Waals surface area contributed by atoms with Gasteiger partial charge in [0.05, 0.1) is 11.6 Å². The predicted octanol–water partition coefficient (Wildman–Crippen LogP) is 3.44. The molecule has 108 valence electrons. The van der Waals surface area contributed by atoms with E-state index in [4.69, 9.17) is 5.73 Å². The number of imidazole rings is 1. The molecule has 2 aromatic carbocycles. The van der Waals surface area contributed by atoms with Crippen molar-refractivity contribution >= 4 is 11.0 Å². The van der Waals surface area contributed by atoms with E-state index in [9.17, 15) is 4.39 Å². The van der Waals surface area contributed by atoms with Gasteiger partial charge in [-0.3, -0.25) is 0 Å². The summed E-state index contributed by atoms with van der Waals surface area (Å²) < 4.78 is 15.9. The molecule has 1 unspecified atom stereocenters. The van der Waals surface area contributed by atoms with E-state index in [2.05, 4.69) is 4.98 Å². The fourth-order valence-corrected chi connectivity index (χ4v) is 2.71. The Balaban J connectivity index is 2.01. The molecule has 21 heavy (non-hydrogen) atoms. The van der Waals surface area contributed by atoms with Gasteiger partial charge in [-0.1, -0.05) is 36.4 Å². The van der Waals surface area contributed by atoms with Gasteiger partial charge in [-0.05, 0) is 31.0 Å². The zero-order valence-corrected chi connectivity index (χ0v) is 12.0. The van der Waals surface area contributed by atoms with Crippen LogP contribution < -0.4 is 5.73 Å². The van der Waals surface area contributed by atoms with Crippen LogP contribution in [-0.4, -0.2) is 9.55 Å². The molecule has 2 N–H and O–H groups in total. The lowest BCUT2D eigenvalue weighted by Crippen LogP contribution is -2.18. The van der Waals surface area contributed by atoms with E-state index < -0.39 is 0 Å². The zero-order chi connectivity index (χ0) is 14.8. The average molecular weight is 283 g/mol. The smallest absolute Gasteiger partial charge is 0.151 e. The van der Waals surface area contributed by atoms with Gasteiger partial charge in [-0.2, -0.15) is 0 Å². The van der Waals surface area contributed by atoms with Crippen molar-refractivity contribution in [1.82, 2.24) is 9.55 Å². The number of halogens is 1. The molecule has 3 nitrogen and oxygen atoms in total. The minimum absolute atomic E-state index is 0.251. The highest BCUT2D eigenvalue weighted by Crippen LogP contribution is 2.23. The van der Waals surface area contributed by atoms with Gasteiger partial charge in [0.25, 0.3) is 0 Å². The Labute approximate surface area is 123 Å². The molecule has 0 amide bonds. The maximum atomic E-state index is 13.9. The van der Waals surface area contributed by atoms with Crippen molar-refractivity contribution in [2.75, 3.05) is 0 Å². The molecule has 1 aromatic heterocycles. The van der Waals surface area contributed by atoms with E-state index in [1.807, 2.05) is 47.9 Å². The lowest BCUT2D eigenvalue weighted by atomic mass is 10.1. The van der Waals surface area contributed by atoms with Gasteiger partial charge in [-0.15, -0.1) is 0 Å². The van der Waals surface area contributed by atoms with Crippen molar-refractivity contribution in [1.29, 1.82) is 0 Å². The molecule has 0 spiro atoms. The number of nitrogens with zero attached hydrogens (tertiary/aromatic N) is 2. The van der Waals surface area contributed by atoms with Crippen LogP contribution in [0.3, 0.4) is 0 Å². The van der Waals surface area contributed by atoms with Crippen LogP contribution in [0, 0.1) is 5.82 Å². The van der Waals surface area contributed by atoms with Gasteiger partial charge in [0.2, 0.25) is 0 Å². The molecule has 1 atom stereocenters. The Morgan fingerprint density at radius 2 is 1.90 bits per heavy atom. The minimum atomic E-state index is -0.298. The van der Waals surface area contributed by atoms with E-state index in [1.54, 1.807) is 6.07 Å². The summed E-state index contributed by atoms with van der Waals surface area (Å²) in [6.45, 7) is 2.74. The Morgan fingerprint density at radius 1 is 1.14 bits per heavy atom. The van der Waals surface area contributed by atoms with Crippen LogP contribution >= 0.6 is 0 Å². The summed E-state index contributed by atoms with van der Waals surface area (Å²) in [6.07, 6.45) is 0.686. The van der Waals surface area contributed by atoms with Crippen molar-refractivity contribution in [2.24, 2.45) is 5.73 Å². The molecular formula is C17H18FN3. The van der Waals surface area contributed by atoms with Gasteiger partial charge in [0.15, 0.2) is 5.82 Å². The highest BCUT2D eigenvalue weighted by Gasteiger charge is 2.18. The number of aromatic nitrogens is 2. The van der Waals surface area contributed by atoms with Crippen LogP contribution in [0.2, 0.25) is 0 Å². The van der Waals surface area contributed by atoms with Gasteiger partial charge >= 0.3 is 0 Å². The number of fused-ring (bicyclic) bond motifs is 1. The number of benzene rings is 2. The van der Waals surface area contributed by atoms with E-state index >= 15 is 0 Å². The number of para-hydroxylation sites is 1. The Kier molecular flexibility index (Phi) is 3.71. The Morgan fingerprint density at radius 3 is 2.62 bits per heavy atom. The molecule has 3 rings (SSSR count). The summed E-state index contributed by atoms with van der Waals surface area (Å²) in [4.78, 5) is 4.44. The highest BCUT2D eigenvalue weighted by molar-refractivity contribution is 5.76. The van der Waals surface area contributed by atoms with E-state index in [0.29, 0.717) is 11.9 Å². The topological polar surface area (TPSA) is 43.8 Å². The summed E-state index contributed by atoms with van der Waals surface area (Å²) in [6, 6.07) is 14.8.